The van der Waals surface area contributed by atoms with Gasteiger partial charge in [0.25, 0.3) is 0 Å². The van der Waals surface area contributed by atoms with Gasteiger partial charge in [-0.1, -0.05) is 48.5 Å². The van der Waals surface area contributed by atoms with Gasteiger partial charge in [0, 0.05) is 18.7 Å². The van der Waals surface area contributed by atoms with Crippen LogP contribution in [0.15, 0.2) is 48.5 Å². The predicted octanol–water partition coefficient (Wildman–Crippen LogP) is 1.87. The summed E-state index contributed by atoms with van der Waals surface area (Å²) in [5.74, 6) is 0.579. The summed E-state index contributed by atoms with van der Waals surface area (Å²) < 4.78 is 5.27. The smallest absolute Gasteiger partial charge is 0.408 e. The number of aliphatic hydroxyl groups excluding tert-OH is 1. The van der Waals surface area contributed by atoms with Crippen LogP contribution >= 0.6 is 0 Å². The molecule has 0 saturated carbocycles. The van der Waals surface area contributed by atoms with Gasteiger partial charge < -0.3 is 20.9 Å². The standard InChI is InChI=1S/C20H22N6O3/c1-13(29-20(28)22-11-15-2-4-16(12-27)5-3-15)18-23-25-19(26-24-18)17-8-6-14(10-21)7-9-17/h2-9,13,27H,10-12,21H2,1H3,(H,22,28). The Kier molecular flexibility index (Phi) is 6.77. The molecule has 1 heterocycles. The molecule has 9 heteroatoms. The lowest BCUT2D eigenvalue weighted by Gasteiger charge is -2.12. The molecule has 3 rings (SSSR count). The molecule has 0 fully saturated rings. The minimum absolute atomic E-state index is 0.0207. The first-order valence-electron chi connectivity index (χ1n) is 9.09. The maximum atomic E-state index is 12.0. The quantitative estimate of drug-likeness (QED) is 0.552. The summed E-state index contributed by atoms with van der Waals surface area (Å²) >= 11 is 0. The molecule has 150 valence electrons. The molecule has 1 aromatic heterocycles. The summed E-state index contributed by atoms with van der Waals surface area (Å²) in [6, 6.07) is 14.7. The lowest BCUT2D eigenvalue weighted by molar-refractivity contribution is 0.101. The van der Waals surface area contributed by atoms with Crippen LogP contribution in [0.5, 0.6) is 0 Å². The second-order valence-corrected chi connectivity index (χ2v) is 6.36. The van der Waals surface area contributed by atoms with Gasteiger partial charge in [-0.05, 0) is 23.6 Å². The molecule has 0 radical (unpaired) electrons. The van der Waals surface area contributed by atoms with Crippen LogP contribution < -0.4 is 11.1 Å². The van der Waals surface area contributed by atoms with Crippen LogP contribution in [0.2, 0.25) is 0 Å². The largest absolute Gasteiger partial charge is 0.438 e. The van der Waals surface area contributed by atoms with E-state index in [9.17, 15) is 4.79 Å². The molecule has 0 spiro atoms. The van der Waals surface area contributed by atoms with Crippen molar-refractivity contribution in [3.8, 4) is 11.4 Å². The number of aromatic nitrogens is 4. The Labute approximate surface area is 168 Å². The van der Waals surface area contributed by atoms with E-state index in [1.807, 2.05) is 36.4 Å². The van der Waals surface area contributed by atoms with Crippen LogP contribution in [0.25, 0.3) is 11.4 Å². The van der Waals surface area contributed by atoms with Crippen LogP contribution in [-0.4, -0.2) is 31.6 Å². The summed E-state index contributed by atoms with van der Waals surface area (Å²) in [7, 11) is 0. The molecule has 3 aromatic rings. The zero-order valence-corrected chi connectivity index (χ0v) is 15.9. The zero-order valence-electron chi connectivity index (χ0n) is 15.9. The molecular weight excluding hydrogens is 372 g/mol. The zero-order chi connectivity index (χ0) is 20.6. The number of amides is 1. The maximum absolute atomic E-state index is 12.0. The summed E-state index contributed by atoms with van der Waals surface area (Å²) in [5.41, 5.74) is 9.05. The van der Waals surface area contributed by atoms with E-state index < -0.39 is 12.2 Å². The molecule has 29 heavy (non-hydrogen) atoms. The molecule has 0 aliphatic rings. The molecule has 9 nitrogen and oxygen atoms in total. The van der Waals surface area contributed by atoms with Crippen molar-refractivity contribution < 1.29 is 14.6 Å². The van der Waals surface area contributed by atoms with Crippen molar-refractivity contribution in [2.24, 2.45) is 5.73 Å². The van der Waals surface area contributed by atoms with Crippen LogP contribution in [-0.2, 0) is 24.4 Å². The second-order valence-electron chi connectivity index (χ2n) is 6.36. The average molecular weight is 394 g/mol. The van der Waals surface area contributed by atoms with Gasteiger partial charge in [-0.2, -0.15) is 0 Å². The van der Waals surface area contributed by atoms with E-state index in [1.165, 1.54) is 0 Å². The number of rotatable bonds is 7. The van der Waals surface area contributed by atoms with Crippen molar-refractivity contribution in [3.63, 3.8) is 0 Å². The molecular formula is C20H22N6O3. The third-order valence-electron chi connectivity index (χ3n) is 4.23. The molecule has 1 unspecified atom stereocenters. The molecule has 0 bridgehead atoms. The number of benzene rings is 2. The van der Waals surface area contributed by atoms with E-state index in [2.05, 4.69) is 25.7 Å². The van der Waals surface area contributed by atoms with E-state index in [0.717, 1.165) is 22.3 Å². The van der Waals surface area contributed by atoms with Crippen molar-refractivity contribution in [2.45, 2.75) is 32.7 Å². The van der Waals surface area contributed by atoms with Crippen LogP contribution in [0.1, 0.15) is 35.5 Å². The lowest BCUT2D eigenvalue weighted by atomic mass is 10.1. The minimum atomic E-state index is -0.708. The Bertz CT molecular complexity index is 930. The third-order valence-corrected chi connectivity index (χ3v) is 4.23. The normalized spacial score (nSPS) is 11.7. The van der Waals surface area contributed by atoms with Gasteiger partial charge in [-0.3, -0.25) is 0 Å². The highest BCUT2D eigenvalue weighted by Gasteiger charge is 2.16. The summed E-state index contributed by atoms with van der Waals surface area (Å²) in [6.45, 7) is 2.38. The van der Waals surface area contributed by atoms with Crippen LogP contribution in [0.4, 0.5) is 4.79 Å². The Morgan fingerprint density at radius 2 is 1.59 bits per heavy atom. The fourth-order valence-corrected chi connectivity index (χ4v) is 2.50. The highest BCUT2D eigenvalue weighted by atomic mass is 16.6. The van der Waals surface area contributed by atoms with Gasteiger partial charge >= 0.3 is 6.09 Å². The van der Waals surface area contributed by atoms with E-state index in [0.29, 0.717) is 18.9 Å². The van der Waals surface area contributed by atoms with Gasteiger partial charge in [-0.25, -0.2) is 4.79 Å². The van der Waals surface area contributed by atoms with Crippen molar-refractivity contribution in [3.05, 3.63) is 71.0 Å². The highest BCUT2D eigenvalue weighted by Crippen LogP contribution is 2.16. The number of carbonyl (C=O) groups is 1. The Morgan fingerprint density at radius 3 is 2.17 bits per heavy atom. The van der Waals surface area contributed by atoms with Gasteiger partial charge in [0.05, 0.1) is 6.61 Å². The van der Waals surface area contributed by atoms with Crippen molar-refractivity contribution in [2.75, 3.05) is 0 Å². The van der Waals surface area contributed by atoms with E-state index >= 15 is 0 Å². The van der Waals surface area contributed by atoms with E-state index in [-0.39, 0.29) is 12.4 Å². The Balaban J connectivity index is 1.53. The van der Waals surface area contributed by atoms with Crippen molar-refractivity contribution >= 4 is 6.09 Å². The van der Waals surface area contributed by atoms with Crippen LogP contribution in [0, 0.1) is 0 Å². The third kappa shape index (κ3) is 5.53. The molecule has 0 aliphatic carbocycles. The highest BCUT2D eigenvalue weighted by molar-refractivity contribution is 5.67. The monoisotopic (exact) mass is 394 g/mol. The molecule has 4 N–H and O–H groups in total. The number of alkyl carbamates (subject to hydrolysis) is 1. The second kappa shape index (κ2) is 9.67. The number of hydrogen-bond donors (Lipinski definition) is 3. The average Bonchev–Trinajstić information content (AvgIpc) is 2.78. The SMILES string of the molecule is CC(OC(=O)NCc1ccc(CO)cc1)c1nnc(-c2ccc(CN)cc2)nn1. The van der Waals surface area contributed by atoms with Crippen molar-refractivity contribution in [1.29, 1.82) is 0 Å². The molecule has 0 saturated heterocycles. The summed E-state index contributed by atoms with van der Waals surface area (Å²) in [4.78, 5) is 12.0. The minimum Gasteiger partial charge on any atom is -0.438 e. The molecule has 2 aromatic carbocycles. The number of aliphatic hydroxyl groups is 1. The molecule has 0 aliphatic heterocycles. The first-order chi connectivity index (χ1) is 14.1. The Morgan fingerprint density at radius 1 is 1.00 bits per heavy atom. The lowest BCUT2D eigenvalue weighted by Crippen LogP contribution is -2.25. The van der Waals surface area contributed by atoms with Crippen molar-refractivity contribution in [1.82, 2.24) is 25.7 Å². The maximum Gasteiger partial charge on any atom is 0.408 e. The van der Waals surface area contributed by atoms with Gasteiger partial charge in [-0.15, -0.1) is 20.4 Å². The fourth-order valence-electron chi connectivity index (χ4n) is 2.50. The molecule has 1 atom stereocenters. The van der Waals surface area contributed by atoms with E-state index in [4.69, 9.17) is 15.6 Å². The van der Waals surface area contributed by atoms with Crippen LogP contribution in [0.3, 0.4) is 0 Å². The first-order valence-corrected chi connectivity index (χ1v) is 9.09. The first kappa shape index (κ1) is 20.3. The molecule has 1 amide bonds. The summed E-state index contributed by atoms with van der Waals surface area (Å²) in [5, 5.41) is 27.8. The number of carbonyl (C=O) groups excluding carboxylic acids is 1. The number of nitrogens with one attached hydrogen (secondary N) is 1. The predicted molar refractivity (Wildman–Crippen MR) is 105 cm³/mol. The van der Waals surface area contributed by atoms with Gasteiger partial charge in [0.2, 0.25) is 11.6 Å². The number of hydrogen-bond acceptors (Lipinski definition) is 8. The number of nitrogens with zero attached hydrogens (tertiary/aromatic N) is 4. The topological polar surface area (TPSA) is 136 Å². The van der Waals surface area contributed by atoms with Gasteiger partial charge in [0.15, 0.2) is 6.10 Å². The summed E-state index contributed by atoms with van der Waals surface area (Å²) in [6.07, 6.45) is -1.31. The van der Waals surface area contributed by atoms with Gasteiger partial charge in [0.1, 0.15) is 0 Å². The number of nitrogens with two attached hydrogens (primary N) is 1. The number of ether oxygens (including phenoxy) is 1. The Hall–Kier alpha value is -3.43. The fraction of sp³-hybridized carbons (Fsp3) is 0.250. The van der Waals surface area contributed by atoms with E-state index in [1.54, 1.807) is 19.1 Å².